The Balaban J connectivity index is 1.93. The van der Waals surface area contributed by atoms with Crippen molar-refractivity contribution in [3.63, 3.8) is 0 Å². The number of carbonyl (C=O) groups excluding carboxylic acids is 2. The van der Waals surface area contributed by atoms with E-state index in [1.807, 2.05) is 30.5 Å². The Kier molecular flexibility index (Phi) is 9.59. The van der Waals surface area contributed by atoms with Crippen LogP contribution in [0.3, 0.4) is 0 Å². The summed E-state index contributed by atoms with van der Waals surface area (Å²) in [4.78, 5) is 32.8. The van der Waals surface area contributed by atoms with E-state index in [-0.39, 0.29) is 24.7 Å². The highest BCUT2D eigenvalue weighted by atomic mass is 127. The molecule has 1 unspecified atom stereocenters. The van der Waals surface area contributed by atoms with Crippen LogP contribution in [0.15, 0.2) is 59.9 Å². The fourth-order valence-electron chi connectivity index (χ4n) is 4.49. The molecular formula is C28H33IN2O3. The van der Waals surface area contributed by atoms with Crippen molar-refractivity contribution in [3.8, 4) is 0 Å². The molecule has 0 spiro atoms. The number of aromatic nitrogens is 1. The summed E-state index contributed by atoms with van der Waals surface area (Å²) in [6, 6.07) is 12.2. The first-order chi connectivity index (χ1) is 16.3. The molecule has 1 amide bonds. The van der Waals surface area contributed by atoms with Crippen molar-refractivity contribution in [2.24, 2.45) is 5.92 Å². The molecular weight excluding hydrogens is 539 g/mol. The predicted molar refractivity (Wildman–Crippen MR) is 144 cm³/mol. The first-order valence-corrected chi connectivity index (χ1v) is 12.9. The maximum atomic E-state index is 13.4. The van der Waals surface area contributed by atoms with Crippen LogP contribution in [0.1, 0.15) is 55.8 Å². The van der Waals surface area contributed by atoms with Crippen molar-refractivity contribution < 1.29 is 14.7 Å². The first kappa shape index (κ1) is 26.3. The fraction of sp³-hybridized carbons (Fsp3) is 0.393. The highest BCUT2D eigenvalue weighted by Gasteiger charge is 2.33. The molecule has 2 heterocycles. The minimum absolute atomic E-state index is 0.0195. The van der Waals surface area contributed by atoms with Gasteiger partial charge in [0.05, 0.1) is 0 Å². The van der Waals surface area contributed by atoms with Gasteiger partial charge in [-0.15, -0.1) is 0 Å². The number of hydrogen-bond donors (Lipinski definition) is 1. The summed E-state index contributed by atoms with van der Waals surface area (Å²) in [5.74, 6) is -0.403. The second kappa shape index (κ2) is 12.4. The molecule has 0 saturated carbocycles. The monoisotopic (exact) mass is 572 g/mol. The minimum Gasteiger partial charge on any atom is -0.396 e. The van der Waals surface area contributed by atoms with Gasteiger partial charge in [0.15, 0.2) is 5.78 Å². The number of carbonyl (C=O) groups is 2. The number of benzene rings is 1. The van der Waals surface area contributed by atoms with Gasteiger partial charge in [-0.05, 0) is 91.0 Å². The number of allylic oxidation sites excluding steroid dienone is 3. The second-order valence-corrected chi connectivity index (χ2v) is 10.1. The third kappa shape index (κ3) is 6.63. The normalized spacial score (nSPS) is 17.4. The van der Waals surface area contributed by atoms with Gasteiger partial charge in [0.2, 0.25) is 5.91 Å². The van der Waals surface area contributed by atoms with Gasteiger partial charge in [0.1, 0.15) is 0 Å². The number of aliphatic hydroxyl groups excluding tert-OH is 1. The molecule has 1 aliphatic rings. The summed E-state index contributed by atoms with van der Waals surface area (Å²) in [6.45, 7) is 4.18. The molecule has 0 bridgehead atoms. The van der Waals surface area contributed by atoms with Crippen molar-refractivity contribution in [1.82, 2.24) is 9.88 Å². The Bertz CT molecular complexity index is 1090. The zero-order valence-electron chi connectivity index (χ0n) is 20.2. The van der Waals surface area contributed by atoms with Crippen molar-refractivity contribution >= 4 is 39.9 Å². The zero-order chi connectivity index (χ0) is 24.7. The van der Waals surface area contributed by atoms with Crippen LogP contribution in [0.4, 0.5) is 0 Å². The van der Waals surface area contributed by atoms with Crippen LogP contribution in [-0.4, -0.2) is 40.3 Å². The van der Waals surface area contributed by atoms with E-state index in [2.05, 4.69) is 59.6 Å². The Labute approximate surface area is 216 Å². The number of aliphatic hydroxyl groups is 1. The first-order valence-electron chi connectivity index (χ1n) is 11.8. The van der Waals surface area contributed by atoms with Crippen molar-refractivity contribution in [2.45, 2.75) is 52.4 Å². The summed E-state index contributed by atoms with van der Waals surface area (Å²) in [5.41, 5.74) is 5.92. The molecule has 34 heavy (non-hydrogen) atoms. The molecule has 180 valence electrons. The van der Waals surface area contributed by atoms with Gasteiger partial charge >= 0.3 is 0 Å². The van der Waals surface area contributed by atoms with E-state index in [1.165, 1.54) is 11.1 Å². The highest BCUT2D eigenvalue weighted by Crippen LogP contribution is 2.31. The van der Waals surface area contributed by atoms with E-state index in [0.29, 0.717) is 32.1 Å². The Morgan fingerprint density at radius 1 is 1.21 bits per heavy atom. The van der Waals surface area contributed by atoms with E-state index in [1.54, 1.807) is 11.9 Å². The standard InChI is InChI=1S/C28H33IN2O3/c1-19-7-4-5-9-24(19)20(2)10-15-26-25(14-13-23-12-11-22(29)18-30-23)27(33)17-21(8-6-16-32)28(34)31(26)3/h4-5,7,9-12,18,21,32H,6,8,13-17H2,1-3H3/b20-10+. The maximum absolute atomic E-state index is 13.4. The zero-order valence-corrected chi connectivity index (χ0v) is 22.3. The van der Waals surface area contributed by atoms with Crippen LogP contribution in [0, 0.1) is 16.4 Å². The molecule has 0 radical (unpaired) electrons. The molecule has 0 saturated heterocycles. The Hall–Kier alpha value is -2.32. The number of rotatable bonds is 9. The molecule has 2 aromatic rings. The van der Waals surface area contributed by atoms with Crippen molar-refractivity contribution in [1.29, 1.82) is 0 Å². The third-order valence-electron chi connectivity index (χ3n) is 6.50. The number of hydrogen-bond acceptors (Lipinski definition) is 4. The van der Waals surface area contributed by atoms with Gasteiger partial charge in [-0.2, -0.15) is 0 Å². The lowest BCUT2D eigenvalue weighted by Gasteiger charge is -2.23. The molecule has 6 heteroatoms. The lowest BCUT2D eigenvalue weighted by Crippen LogP contribution is -2.31. The van der Waals surface area contributed by atoms with E-state index in [0.717, 1.165) is 26.1 Å². The summed E-state index contributed by atoms with van der Waals surface area (Å²) in [5, 5.41) is 9.26. The number of aryl methyl sites for hydroxylation is 2. The van der Waals surface area contributed by atoms with Crippen molar-refractivity contribution in [2.75, 3.05) is 13.7 Å². The SMILES string of the molecule is C/C(=C\CC1=C(CCc2ccc(I)cn2)C(=O)CC(CCCO)C(=O)N1C)c1ccccc1C. The number of pyridine rings is 1. The molecule has 0 aliphatic carbocycles. The van der Waals surface area contributed by atoms with Gasteiger partial charge in [-0.25, -0.2) is 0 Å². The molecule has 1 N–H and O–H groups in total. The van der Waals surface area contributed by atoms with Crippen LogP contribution in [0.2, 0.25) is 0 Å². The van der Waals surface area contributed by atoms with Crippen molar-refractivity contribution in [3.05, 3.63) is 80.3 Å². The van der Waals surface area contributed by atoms with E-state index < -0.39 is 5.92 Å². The average molecular weight is 572 g/mol. The summed E-state index contributed by atoms with van der Waals surface area (Å²) < 4.78 is 1.07. The lowest BCUT2D eigenvalue weighted by atomic mass is 9.92. The Morgan fingerprint density at radius 3 is 2.65 bits per heavy atom. The number of halogens is 1. The van der Waals surface area contributed by atoms with E-state index >= 15 is 0 Å². The van der Waals surface area contributed by atoms with Crippen LogP contribution >= 0.6 is 22.6 Å². The molecule has 1 atom stereocenters. The van der Waals surface area contributed by atoms with Crippen LogP contribution in [0.25, 0.3) is 5.57 Å². The second-order valence-electron chi connectivity index (χ2n) is 8.89. The predicted octanol–water partition coefficient (Wildman–Crippen LogP) is 5.49. The number of nitrogens with zero attached hydrogens (tertiary/aromatic N) is 2. The lowest BCUT2D eigenvalue weighted by molar-refractivity contribution is -0.134. The van der Waals surface area contributed by atoms with Gasteiger partial charge in [-0.1, -0.05) is 30.3 Å². The molecule has 1 aliphatic heterocycles. The minimum atomic E-state index is -0.393. The van der Waals surface area contributed by atoms with Gasteiger partial charge < -0.3 is 10.0 Å². The van der Waals surface area contributed by atoms with Crippen LogP contribution in [0.5, 0.6) is 0 Å². The van der Waals surface area contributed by atoms with Gasteiger partial charge in [0, 0.05) is 59.1 Å². The summed E-state index contributed by atoms with van der Waals surface area (Å²) >= 11 is 2.23. The van der Waals surface area contributed by atoms with Gasteiger partial charge in [-0.3, -0.25) is 14.6 Å². The quantitative estimate of drug-likeness (QED) is 0.404. The van der Waals surface area contributed by atoms with Gasteiger partial charge in [0.25, 0.3) is 0 Å². The number of Topliss-reactive ketones (excluding diaryl/α,β-unsaturated/α-hetero) is 1. The third-order valence-corrected chi connectivity index (χ3v) is 7.14. The highest BCUT2D eigenvalue weighted by molar-refractivity contribution is 14.1. The topological polar surface area (TPSA) is 70.5 Å². The number of amides is 1. The molecule has 0 fully saturated rings. The maximum Gasteiger partial charge on any atom is 0.230 e. The molecule has 5 nitrogen and oxygen atoms in total. The van der Waals surface area contributed by atoms with E-state index in [4.69, 9.17) is 0 Å². The smallest absolute Gasteiger partial charge is 0.230 e. The number of ketones is 1. The summed E-state index contributed by atoms with van der Waals surface area (Å²) in [7, 11) is 1.78. The largest absolute Gasteiger partial charge is 0.396 e. The van der Waals surface area contributed by atoms with Crippen LogP contribution in [-0.2, 0) is 16.0 Å². The summed E-state index contributed by atoms with van der Waals surface area (Å²) in [6.07, 6.45) is 6.87. The molecule has 3 rings (SSSR count). The van der Waals surface area contributed by atoms with Crippen LogP contribution < -0.4 is 0 Å². The Morgan fingerprint density at radius 2 is 1.97 bits per heavy atom. The van der Waals surface area contributed by atoms with E-state index in [9.17, 15) is 14.7 Å². The fourth-order valence-corrected chi connectivity index (χ4v) is 4.81. The molecule has 1 aromatic heterocycles. The average Bonchev–Trinajstić information content (AvgIpc) is 2.91. The molecule has 1 aromatic carbocycles.